The average Bonchev–Trinajstić information content (AvgIpc) is 3.26. The van der Waals surface area contributed by atoms with E-state index in [2.05, 4.69) is 41.4 Å². The third kappa shape index (κ3) is 4.30. The summed E-state index contributed by atoms with van der Waals surface area (Å²) in [5, 5.41) is 8.68. The number of benzene rings is 2. The van der Waals surface area contributed by atoms with E-state index in [0.29, 0.717) is 24.1 Å². The van der Waals surface area contributed by atoms with Crippen molar-refractivity contribution in [3.63, 3.8) is 0 Å². The zero-order valence-electron chi connectivity index (χ0n) is 18.2. The van der Waals surface area contributed by atoms with Crippen LogP contribution in [-0.4, -0.2) is 29.3 Å². The summed E-state index contributed by atoms with van der Waals surface area (Å²) in [6, 6.07) is 13.9. The lowest BCUT2D eigenvalue weighted by Gasteiger charge is -2.14. The van der Waals surface area contributed by atoms with Crippen molar-refractivity contribution in [1.29, 1.82) is 0 Å². The van der Waals surface area contributed by atoms with Crippen molar-refractivity contribution in [3.8, 4) is 22.9 Å². The molecule has 0 fully saturated rings. The first-order chi connectivity index (χ1) is 15.1. The number of fused-ring (bicyclic) bond motifs is 1. The molecule has 4 aromatic rings. The van der Waals surface area contributed by atoms with Crippen molar-refractivity contribution in [2.24, 2.45) is 0 Å². The molecule has 0 aliphatic rings. The van der Waals surface area contributed by atoms with Crippen LogP contribution in [0.2, 0.25) is 0 Å². The van der Waals surface area contributed by atoms with E-state index in [-0.39, 0.29) is 0 Å². The highest BCUT2D eigenvalue weighted by Gasteiger charge is 2.16. The van der Waals surface area contributed by atoms with Gasteiger partial charge in [0, 0.05) is 23.9 Å². The molecular formula is C24H26N4O3. The number of nitrogens with one attached hydrogen (secondary N) is 1. The lowest BCUT2D eigenvalue weighted by atomic mass is 10.1. The van der Waals surface area contributed by atoms with E-state index >= 15 is 0 Å². The molecule has 0 aliphatic heterocycles. The number of methoxy groups -OCH3 is 2. The van der Waals surface area contributed by atoms with Gasteiger partial charge in [0.25, 0.3) is 0 Å². The minimum absolute atomic E-state index is 0.497. The summed E-state index contributed by atoms with van der Waals surface area (Å²) in [6.07, 6.45) is 1.69. The van der Waals surface area contributed by atoms with Gasteiger partial charge in [-0.3, -0.25) is 0 Å². The number of para-hydroxylation sites is 1. The molecule has 0 saturated heterocycles. The molecule has 2 aromatic carbocycles. The smallest absolute Gasteiger partial charge is 0.226 e. The average molecular weight is 418 g/mol. The van der Waals surface area contributed by atoms with E-state index < -0.39 is 0 Å². The zero-order chi connectivity index (χ0) is 21.8. The van der Waals surface area contributed by atoms with Crippen molar-refractivity contribution in [1.82, 2.24) is 15.1 Å². The summed E-state index contributed by atoms with van der Waals surface area (Å²) >= 11 is 0. The van der Waals surface area contributed by atoms with Crippen LogP contribution in [0.15, 0.2) is 47.0 Å². The monoisotopic (exact) mass is 418 g/mol. The van der Waals surface area contributed by atoms with Crippen molar-refractivity contribution in [2.75, 3.05) is 19.5 Å². The Labute approximate surface area is 181 Å². The van der Waals surface area contributed by atoms with Crippen LogP contribution in [0, 0.1) is 6.92 Å². The maximum atomic E-state index is 5.51. The van der Waals surface area contributed by atoms with Gasteiger partial charge in [0.05, 0.1) is 25.3 Å². The molecule has 2 aromatic heterocycles. The molecular weight excluding hydrogens is 392 g/mol. The molecule has 2 heterocycles. The third-order valence-electron chi connectivity index (χ3n) is 5.15. The molecule has 7 heteroatoms. The van der Waals surface area contributed by atoms with Gasteiger partial charge in [-0.2, -0.15) is 4.98 Å². The fourth-order valence-corrected chi connectivity index (χ4v) is 3.53. The highest BCUT2D eigenvalue weighted by Crippen LogP contribution is 2.31. The second kappa shape index (κ2) is 9.04. The van der Waals surface area contributed by atoms with Crippen molar-refractivity contribution < 1.29 is 14.0 Å². The number of rotatable bonds is 8. The second-order valence-electron chi connectivity index (χ2n) is 7.32. The Hall–Kier alpha value is -3.61. The summed E-state index contributed by atoms with van der Waals surface area (Å²) in [7, 11) is 3.30. The van der Waals surface area contributed by atoms with Crippen LogP contribution in [-0.2, 0) is 13.0 Å². The molecule has 0 radical (unpaired) electrons. The second-order valence-corrected chi connectivity index (χ2v) is 7.32. The van der Waals surface area contributed by atoms with Crippen LogP contribution in [0.4, 0.5) is 5.82 Å². The molecule has 0 atom stereocenters. The fourth-order valence-electron chi connectivity index (χ4n) is 3.53. The molecule has 1 N–H and O–H groups in total. The van der Waals surface area contributed by atoms with Gasteiger partial charge in [-0.25, -0.2) is 4.98 Å². The SMILES string of the molecule is CCCc1nc(-c2cc3cccc(C)c3nc2NCc2cc(OC)ccc2OC)no1. The summed E-state index contributed by atoms with van der Waals surface area (Å²) < 4.78 is 16.3. The Kier molecular flexibility index (Phi) is 6.02. The van der Waals surface area contributed by atoms with Crippen LogP contribution in [0.25, 0.3) is 22.3 Å². The highest BCUT2D eigenvalue weighted by molar-refractivity contribution is 5.89. The number of pyridine rings is 1. The molecule has 4 rings (SSSR count). The first kappa shape index (κ1) is 20.7. The molecule has 0 bridgehead atoms. The van der Waals surface area contributed by atoms with E-state index in [4.69, 9.17) is 19.0 Å². The molecule has 160 valence electrons. The quantitative estimate of drug-likeness (QED) is 0.422. The van der Waals surface area contributed by atoms with Gasteiger partial charge in [0.2, 0.25) is 11.7 Å². The molecule has 0 spiro atoms. The number of hydrogen-bond acceptors (Lipinski definition) is 7. The first-order valence-electron chi connectivity index (χ1n) is 10.3. The topological polar surface area (TPSA) is 82.3 Å². The van der Waals surface area contributed by atoms with Gasteiger partial charge in [-0.1, -0.05) is 30.3 Å². The molecule has 31 heavy (non-hydrogen) atoms. The molecule has 0 unspecified atom stereocenters. The number of nitrogens with zero attached hydrogens (tertiary/aromatic N) is 3. The van der Waals surface area contributed by atoms with Gasteiger partial charge in [-0.15, -0.1) is 0 Å². The Balaban J connectivity index is 1.75. The van der Waals surface area contributed by atoms with E-state index in [1.165, 1.54) is 0 Å². The minimum Gasteiger partial charge on any atom is -0.497 e. The van der Waals surface area contributed by atoms with Crippen LogP contribution >= 0.6 is 0 Å². The van der Waals surface area contributed by atoms with Crippen LogP contribution in [0.5, 0.6) is 11.5 Å². The van der Waals surface area contributed by atoms with Crippen LogP contribution in [0.3, 0.4) is 0 Å². The predicted octanol–water partition coefficient (Wildman–Crippen LogP) is 5.18. The Morgan fingerprint density at radius 1 is 1.03 bits per heavy atom. The van der Waals surface area contributed by atoms with Gasteiger partial charge < -0.3 is 19.3 Å². The lowest BCUT2D eigenvalue weighted by Crippen LogP contribution is -2.06. The van der Waals surface area contributed by atoms with Gasteiger partial charge in [0.15, 0.2) is 0 Å². The number of hydrogen-bond donors (Lipinski definition) is 1. The molecule has 0 saturated carbocycles. The number of ether oxygens (including phenoxy) is 2. The van der Waals surface area contributed by atoms with Gasteiger partial charge >= 0.3 is 0 Å². The standard InChI is InChI=1S/C24H26N4O3/c1-5-7-21-26-24(28-31-21)19-13-16-9-6-8-15(2)22(16)27-23(19)25-14-17-12-18(29-3)10-11-20(17)30-4/h6,8-13H,5,7,14H2,1-4H3,(H,25,27). The zero-order valence-corrected chi connectivity index (χ0v) is 18.2. The summed E-state index contributed by atoms with van der Waals surface area (Å²) in [4.78, 5) is 9.49. The molecule has 0 amide bonds. The van der Waals surface area contributed by atoms with Crippen LogP contribution in [0.1, 0.15) is 30.4 Å². The van der Waals surface area contributed by atoms with E-state index in [1.807, 2.05) is 30.3 Å². The Bertz CT molecular complexity index is 1200. The van der Waals surface area contributed by atoms with Crippen LogP contribution < -0.4 is 14.8 Å². The number of aromatic nitrogens is 3. The third-order valence-corrected chi connectivity index (χ3v) is 5.15. The largest absolute Gasteiger partial charge is 0.497 e. The van der Waals surface area contributed by atoms with E-state index in [9.17, 15) is 0 Å². The molecule has 7 nitrogen and oxygen atoms in total. The summed E-state index contributed by atoms with van der Waals surface area (Å²) in [5.74, 6) is 3.39. The highest BCUT2D eigenvalue weighted by atomic mass is 16.5. The maximum absolute atomic E-state index is 5.51. The lowest BCUT2D eigenvalue weighted by molar-refractivity contribution is 0.378. The van der Waals surface area contributed by atoms with Crippen molar-refractivity contribution in [2.45, 2.75) is 33.2 Å². The van der Waals surface area contributed by atoms with E-state index in [0.717, 1.165) is 51.9 Å². The summed E-state index contributed by atoms with van der Waals surface area (Å²) in [6.45, 7) is 4.63. The minimum atomic E-state index is 0.497. The number of aryl methyl sites for hydroxylation is 2. The maximum Gasteiger partial charge on any atom is 0.226 e. The van der Waals surface area contributed by atoms with Gasteiger partial charge in [0.1, 0.15) is 17.3 Å². The van der Waals surface area contributed by atoms with Crippen molar-refractivity contribution in [3.05, 3.63) is 59.5 Å². The Morgan fingerprint density at radius 3 is 2.68 bits per heavy atom. The van der Waals surface area contributed by atoms with E-state index in [1.54, 1.807) is 14.2 Å². The number of anilines is 1. The Morgan fingerprint density at radius 2 is 1.90 bits per heavy atom. The molecule has 0 aliphatic carbocycles. The fraction of sp³-hybridized carbons (Fsp3) is 0.292. The first-order valence-corrected chi connectivity index (χ1v) is 10.3. The summed E-state index contributed by atoms with van der Waals surface area (Å²) in [5.41, 5.74) is 3.79. The predicted molar refractivity (Wildman–Crippen MR) is 121 cm³/mol. The van der Waals surface area contributed by atoms with Crippen molar-refractivity contribution >= 4 is 16.7 Å². The normalized spacial score (nSPS) is 11.0. The van der Waals surface area contributed by atoms with Gasteiger partial charge in [-0.05, 0) is 43.2 Å².